The molecule has 2 heteroatoms. The van der Waals surface area contributed by atoms with Gasteiger partial charge in [-0.3, -0.25) is 0 Å². The first kappa shape index (κ1) is 17.6. The average molecular weight is 288 g/mol. The van der Waals surface area contributed by atoms with Crippen molar-refractivity contribution >= 4 is 5.69 Å². The average Bonchev–Trinajstić information content (AvgIpc) is 2.39. The predicted octanol–water partition coefficient (Wildman–Crippen LogP) is 5.18. The standard InChI is InChI=1S/C19H32N2/c1-15(2)8-6-7-13-20-17(5)21-19-11-9-18(10-12-19)14-16(3)4/h9-12,15-16,20-21H,5-8,13-14H2,1-4H3. The molecular formula is C19H32N2. The van der Waals surface area contributed by atoms with E-state index in [4.69, 9.17) is 0 Å². The Kier molecular flexibility index (Phi) is 7.96. The smallest absolute Gasteiger partial charge is 0.0957 e. The number of hydrogen-bond acceptors (Lipinski definition) is 2. The summed E-state index contributed by atoms with van der Waals surface area (Å²) >= 11 is 0. The van der Waals surface area contributed by atoms with E-state index in [-0.39, 0.29) is 0 Å². The van der Waals surface area contributed by atoms with Gasteiger partial charge in [-0.05, 0) is 42.4 Å². The number of anilines is 1. The van der Waals surface area contributed by atoms with E-state index in [0.29, 0.717) is 5.92 Å². The summed E-state index contributed by atoms with van der Waals surface area (Å²) in [5.41, 5.74) is 2.49. The van der Waals surface area contributed by atoms with Crippen molar-refractivity contribution in [3.05, 3.63) is 42.2 Å². The van der Waals surface area contributed by atoms with E-state index in [9.17, 15) is 0 Å². The summed E-state index contributed by atoms with van der Waals surface area (Å²) in [6.07, 6.45) is 4.92. The van der Waals surface area contributed by atoms with Crippen LogP contribution in [-0.2, 0) is 6.42 Å². The molecule has 0 spiro atoms. The third-order valence-electron chi connectivity index (χ3n) is 3.44. The molecule has 0 heterocycles. The number of rotatable bonds is 10. The lowest BCUT2D eigenvalue weighted by Gasteiger charge is -2.13. The molecule has 0 aliphatic rings. The van der Waals surface area contributed by atoms with Crippen molar-refractivity contribution < 1.29 is 0 Å². The third-order valence-corrected chi connectivity index (χ3v) is 3.44. The highest BCUT2D eigenvalue weighted by Crippen LogP contribution is 2.14. The van der Waals surface area contributed by atoms with Gasteiger partial charge in [-0.1, -0.05) is 59.2 Å². The van der Waals surface area contributed by atoms with E-state index in [2.05, 4.69) is 69.2 Å². The summed E-state index contributed by atoms with van der Waals surface area (Å²) < 4.78 is 0. The molecule has 2 nitrogen and oxygen atoms in total. The van der Waals surface area contributed by atoms with Crippen LogP contribution in [0.4, 0.5) is 5.69 Å². The molecule has 0 amide bonds. The van der Waals surface area contributed by atoms with Crippen LogP contribution in [0, 0.1) is 11.8 Å². The third kappa shape index (κ3) is 8.44. The Labute approximate surface area is 131 Å². The molecule has 0 bridgehead atoms. The quantitative estimate of drug-likeness (QED) is 0.579. The van der Waals surface area contributed by atoms with E-state index in [1.165, 1.54) is 24.8 Å². The molecule has 1 aromatic carbocycles. The molecule has 1 aromatic rings. The number of nitrogens with one attached hydrogen (secondary N) is 2. The fourth-order valence-electron chi connectivity index (χ4n) is 2.33. The van der Waals surface area contributed by atoms with E-state index >= 15 is 0 Å². The Hall–Kier alpha value is -1.44. The fraction of sp³-hybridized carbons (Fsp3) is 0.579. The molecule has 118 valence electrons. The highest BCUT2D eigenvalue weighted by atomic mass is 15.1. The van der Waals surface area contributed by atoms with Gasteiger partial charge in [0.15, 0.2) is 0 Å². The van der Waals surface area contributed by atoms with Crippen LogP contribution in [0.25, 0.3) is 0 Å². The second-order valence-corrected chi connectivity index (χ2v) is 6.71. The first-order valence-electron chi connectivity index (χ1n) is 8.26. The molecule has 0 aliphatic heterocycles. The summed E-state index contributed by atoms with van der Waals surface area (Å²) in [6, 6.07) is 8.64. The Morgan fingerprint density at radius 3 is 2.24 bits per heavy atom. The second kappa shape index (κ2) is 9.49. The molecule has 0 aliphatic carbocycles. The predicted molar refractivity (Wildman–Crippen MR) is 94.4 cm³/mol. The minimum absolute atomic E-state index is 0.700. The maximum Gasteiger partial charge on any atom is 0.0957 e. The zero-order chi connectivity index (χ0) is 15.7. The highest BCUT2D eigenvalue weighted by Gasteiger charge is 1.99. The van der Waals surface area contributed by atoms with Gasteiger partial charge in [-0.25, -0.2) is 0 Å². The van der Waals surface area contributed by atoms with Gasteiger partial charge in [0.05, 0.1) is 5.82 Å². The van der Waals surface area contributed by atoms with E-state index in [1.807, 2.05) is 0 Å². The molecule has 21 heavy (non-hydrogen) atoms. The molecule has 0 radical (unpaired) electrons. The molecule has 1 rings (SSSR count). The lowest BCUT2D eigenvalue weighted by atomic mass is 10.0. The summed E-state index contributed by atoms with van der Waals surface area (Å²) in [7, 11) is 0. The van der Waals surface area contributed by atoms with E-state index < -0.39 is 0 Å². The van der Waals surface area contributed by atoms with Crippen molar-refractivity contribution in [1.29, 1.82) is 0 Å². The van der Waals surface area contributed by atoms with E-state index in [1.54, 1.807) is 0 Å². The van der Waals surface area contributed by atoms with Crippen LogP contribution < -0.4 is 10.6 Å². The molecule has 0 saturated heterocycles. The Morgan fingerprint density at radius 1 is 1.00 bits per heavy atom. The van der Waals surface area contributed by atoms with Crippen molar-refractivity contribution in [3.63, 3.8) is 0 Å². The van der Waals surface area contributed by atoms with Gasteiger partial charge in [-0.2, -0.15) is 0 Å². The Balaban J connectivity index is 2.25. The van der Waals surface area contributed by atoms with Crippen molar-refractivity contribution in [1.82, 2.24) is 5.32 Å². The maximum absolute atomic E-state index is 4.03. The summed E-state index contributed by atoms with van der Waals surface area (Å²) in [4.78, 5) is 0. The monoisotopic (exact) mass is 288 g/mol. The molecule has 0 aromatic heterocycles. The van der Waals surface area contributed by atoms with Crippen LogP contribution >= 0.6 is 0 Å². The van der Waals surface area contributed by atoms with Crippen LogP contribution in [0.15, 0.2) is 36.7 Å². The van der Waals surface area contributed by atoms with E-state index in [0.717, 1.165) is 30.4 Å². The fourth-order valence-corrected chi connectivity index (χ4v) is 2.33. The van der Waals surface area contributed by atoms with Crippen molar-refractivity contribution in [3.8, 4) is 0 Å². The number of hydrogen-bond donors (Lipinski definition) is 2. The van der Waals surface area contributed by atoms with Gasteiger partial charge in [-0.15, -0.1) is 0 Å². The molecule has 0 unspecified atom stereocenters. The molecule has 0 fully saturated rings. The van der Waals surface area contributed by atoms with Crippen molar-refractivity contribution in [2.75, 3.05) is 11.9 Å². The minimum atomic E-state index is 0.700. The largest absolute Gasteiger partial charge is 0.372 e. The van der Waals surface area contributed by atoms with Gasteiger partial charge in [0.25, 0.3) is 0 Å². The topological polar surface area (TPSA) is 24.1 Å². The molecule has 0 atom stereocenters. The van der Waals surface area contributed by atoms with Crippen LogP contribution in [0.3, 0.4) is 0 Å². The summed E-state index contributed by atoms with van der Waals surface area (Å²) in [5, 5.41) is 6.66. The van der Waals surface area contributed by atoms with Crippen molar-refractivity contribution in [2.45, 2.75) is 53.4 Å². The van der Waals surface area contributed by atoms with Gasteiger partial charge >= 0.3 is 0 Å². The first-order chi connectivity index (χ1) is 9.97. The summed E-state index contributed by atoms with van der Waals surface area (Å²) in [6.45, 7) is 14.1. The Morgan fingerprint density at radius 2 is 1.67 bits per heavy atom. The highest BCUT2D eigenvalue weighted by molar-refractivity contribution is 5.48. The lowest BCUT2D eigenvalue weighted by Crippen LogP contribution is -2.19. The minimum Gasteiger partial charge on any atom is -0.372 e. The number of unbranched alkanes of at least 4 members (excludes halogenated alkanes) is 1. The first-order valence-corrected chi connectivity index (χ1v) is 8.26. The lowest BCUT2D eigenvalue weighted by molar-refractivity contribution is 0.531. The van der Waals surface area contributed by atoms with Gasteiger partial charge < -0.3 is 10.6 Å². The van der Waals surface area contributed by atoms with Gasteiger partial charge in [0.2, 0.25) is 0 Å². The molecular weight excluding hydrogens is 256 g/mol. The van der Waals surface area contributed by atoms with Gasteiger partial charge in [0.1, 0.15) is 0 Å². The second-order valence-electron chi connectivity index (χ2n) is 6.71. The SMILES string of the molecule is C=C(NCCCCC(C)C)Nc1ccc(CC(C)C)cc1. The zero-order valence-corrected chi connectivity index (χ0v) is 14.2. The number of benzene rings is 1. The van der Waals surface area contributed by atoms with Crippen LogP contribution in [0.1, 0.15) is 52.5 Å². The normalized spacial score (nSPS) is 11.0. The van der Waals surface area contributed by atoms with Crippen molar-refractivity contribution in [2.24, 2.45) is 11.8 Å². The van der Waals surface area contributed by atoms with Gasteiger partial charge in [0, 0.05) is 12.2 Å². The Bertz CT molecular complexity index is 404. The van der Waals surface area contributed by atoms with Crippen LogP contribution in [0.2, 0.25) is 0 Å². The molecule has 0 saturated carbocycles. The molecule has 2 N–H and O–H groups in total. The zero-order valence-electron chi connectivity index (χ0n) is 14.2. The maximum atomic E-state index is 4.03. The van der Waals surface area contributed by atoms with Crippen LogP contribution in [-0.4, -0.2) is 6.54 Å². The van der Waals surface area contributed by atoms with Crippen LogP contribution in [0.5, 0.6) is 0 Å². The summed E-state index contributed by atoms with van der Waals surface area (Å²) in [5.74, 6) is 2.39.